The van der Waals surface area contributed by atoms with E-state index in [9.17, 15) is 4.79 Å². The van der Waals surface area contributed by atoms with Crippen molar-refractivity contribution in [2.24, 2.45) is 0 Å². The summed E-state index contributed by atoms with van der Waals surface area (Å²) in [4.78, 5) is 12.0. The molecule has 0 aliphatic carbocycles. The molecule has 1 heterocycles. The number of rotatable bonds is 7. The van der Waals surface area contributed by atoms with Crippen molar-refractivity contribution >= 4 is 12.0 Å². The Bertz CT molecular complexity index is 930. The number of hydrogen-bond donors (Lipinski definition) is 0. The summed E-state index contributed by atoms with van der Waals surface area (Å²) in [5.74, 6) is 0.300. The summed E-state index contributed by atoms with van der Waals surface area (Å²) >= 11 is 0. The lowest BCUT2D eigenvalue weighted by atomic mass is 10.1. The predicted octanol–water partition coefficient (Wildman–Crippen LogP) is 4.01. The van der Waals surface area contributed by atoms with Gasteiger partial charge in [-0.25, -0.2) is 4.79 Å². The van der Waals surface area contributed by atoms with Gasteiger partial charge in [-0.15, -0.1) is 0 Å². The monoisotopic (exact) mass is 362 g/mol. The Labute approximate surface area is 158 Å². The van der Waals surface area contributed by atoms with Crippen LogP contribution in [0.25, 0.3) is 6.08 Å². The third kappa shape index (κ3) is 5.31. The topological polar surface area (TPSA) is 53.4 Å². The summed E-state index contributed by atoms with van der Waals surface area (Å²) in [7, 11) is 1.60. The van der Waals surface area contributed by atoms with Crippen molar-refractivity contribution in [3.63, 3.8) is 0 Å². The van der Waals surface area contributed by atoms with E-state index in [1.54, 1.807) is 19.4 Å². The highest BCUT2D eigenvalue weighted by Crippen LogP contribution is 2.20. The zero-order valence-electron chi connectivity index (χ0n) is 15.5. The molecule has 0 fully saturated rings. The van der Waals surface area contributed by atoms with Crippen molar-refractivity contribution in [3.8, 4) is 5.75 Å². The summed E-state index contributed by atoms with van der Waals surface area (Å²) < 4.78 is 12.4. The first-order chi connectivity index (χ1) is 13.1. The molecule has 0 bridgehead atoms. The molecule has 5 nitrogen and oxygen atoms in total. The van der Waals surface area contributed by atoms with E-state index in [1.165, 1.54) is 11.6 Å². The van der Waals surface area contributed by atoms with Gasteiger partial charge < -0.3 is 9.47 Å². The first-order valence-corrected chi connectivity index (χ1v) is 8.69. The molecule has 27 heavy (non-hydrogen) atoms. The summed E-state index contributed by atoms with van der Waals surface area (Å²) in [5.41, 5.74) is 3.94. The van der Waals surface area contributed by atoms with Crippen LogP contribution >= 0.6 is 0 Å². The summed E-state index contributed by atoms with van der Waals surface area (Å²) in [6.07, 6.45) is 6.72. The van der Waals surface area contributed by atoms with Crippen LogP contribution in [0.2, 0.25) is 0 Å². The molecule has 0 aliphatic rings. The summed E-state index contributed by atoms with van der Waals surface area (Å²) in [6.45, 7) is 2.84. The van der Waals surface area contributed by atoms with Gasteiger partial charge in [0.25, 0.3) is 0 Å². The van der Waals surface area contributed by atoms with Gasteiger partial charge in [-0.05, 0) is 30.7 Å². The van der Waals surface area contributed by atoms with Crippen LogP contribution in [0, 0.1) is 6.92 Å². The number of aryl methyl sites for hydroxylation is 1. The van der Waals surface area contributed by atoms with Crippen LogP contribution < -0.4 is 4.74 Å². The zero-order valence-corrected chi connectivity index (χ0v) is 15.5. The van der Waals surface area contributed by atoms with Gasteiger partial charge in [0.15, 0.2) is 0 Å². The highest BCUT2D eigenvalue weighted by molar-refractivity contribution is 5.86. The smallest absolute Gasteiger partial charge is 0.331 e. The number of nitrogens with zero attached hydrogens (tertiary/aromatic N) is 2. The van der Waals surface area contributed by atoms with Crippen molar-refractivity contribution in [3.05, 3.63) is 89.3 Å². The maximum Gasteiger partial charge on any atom is 0.331 e. The Morgan fingerprint density at radius 3 is 2.78 bits per heavy atom. The molecule has 1 aromatic heterocycles. The minimum Gasteiger partial charge on any atom is -0.496 e. The van der Waals surface area contributed by atoms with E-state index in [0.717, 1.165) is 16.7 Å². The fraction of sp³-hybridized carbons (Fsp3) is 0.182. The third-order valence-corrected chi connectivity index (χ3v) is 4.06. The Balaban J connectivity index is 1.55. The van der Waals surface area contributed by atoms with E-state index in [4.69, 9.17) is 9.47 Å². The fourth-order valence-electron chi connectivity index (χ4n) is 2.70. The molecular formula is C22H22N2O3. The number of benzene rings is 2. The zero-order chi connectivity index (χ0) is 19.1. The number of esters is 1. The van der Waals surface area contributed by atoms with Crippen molar-refractivity contribution in [2.45, 2.75) is 20.1 Å². The van der Waals surface area contributed by atoms with Crippen molar-refractivity contribution in [2.75, 3.05) is 7.11 Å². The number of hydrogen-bond acceptors (Lipinski definition) is 4. The normalized spacial score (nSPS) is 10.9. The van der Waals surface area contributed by atoms with Crippen molar-refractivity contribution in [1.82, 2.24) is 9.78 Å². The van der Waals surface area contributed by atoms with Gasteiger partial charge in [0.2, 0.25) is 0 Å². The van der Waals surface area contributed by atoms with E-state index < -0.39 is 5.97 Å². The molecule has 0 saturated heterocycles. The van der Waals surface area contributed by atoms with E-state index in [1.807, 2.05) is 66.3 Å². The maximum atomic E-state index is 12.0. The maximum absolute atomic E-state index is 12.0. The molecule has 0 atom stereocenters. The second kappa shape index (κ2) is 8.85. The van der Waals surface area contributed by atoms with Gasteiger partial charge in [0.05, 0.1) is 19.9 Å². The van der Waals surface area contributed by atoms with Gasteiger partial charge >= 0.3 is 5.97 Å². The molecule has 0 amide bonds. The predicted molar refractivity (Wildman–Crippen MR) is 104 cm³/mol. The SMILES string of the molecule is COc1ccc(C)cc1COC(=O)/C=C/c1cnn(Cc2ccccc2)c1. The van der Waals surface area contributed by atoms with E-state index in [0.29, 0.717) is 12.3 Å². The molecule has 0 aliphatic heterocycles. The number of carbonyl (C=O) groups is 1. The lowest BCUT2D eigenvalue weighted by Crippen LogP contribution is -2.02. The number of aromatic nitrogens is 2. The van der Waals surface area contributed by atoms with Crippen molar-refractivity contribution in [1.29, 1.82) is 0 Å². The summed E-state index contributed by atoms with van der Waals surface area (Å²) in [6, 6.07) is 15.9. The Morgan fingerprint density at radius 2 is 2.00 bits per heavy atom. The molecule has 0 N–H and O–H groups in total. The second-order valence-electron chi connectivity index (χ2n) is 6.21. The van der Waals surface area contributed by atoms with Crippen LogP contribution in [0.15, 0.2) is 67.0 Å². The minimum atomic E-state index is -0.408. The van der Waals surface area contributed by atoms with Gasteiger partial charge in [0.1, 0.15) is 12.4 Å². The van der Waals surface area contributed by atoms with Crippen LogP contribution in [-0.4, -0.2) is 22.9 Å². The lowest BCUT2D eigenvalue weighted by Gasteiger charge is -2.09. The van der Waals surface area contributed by atoms with E-state index in [2.05, 4.69) is 5.10 Å². The molecular weight excluding hydrogens is 340 g/mol. The first-order valence-electron chi connectivity index (χ1n) is 8.69. The summed E-state index contributed by atoms with van der Waals surface area (Å²) in [5, 5.41) is 4.31. The molecule has 2 aromatic carbocycles. The molecule has 0 spiro atoms. The van der Waals surface area contributed by atoms with E-state index >= 15 is 0 Å². The number of carbonyl (C=O) groups excluding carboxylic acids is 1. The van der Waals surface area contributed by atoms with Crippen LogP contribution in [-0.2, 0) is 22.7 Å². The Kier molecular flexibility index (Phi) is 6.05. The standard InChI is InChI=1S/C22H22N2O3/c1-17-8-10-21(26-2)20(12-17)16-27-22(25)11-9-19-13-23-24(15-19)14-18-6-4-3-5-7-18/h3-13,15H,14,16H2,1-2H3/b11-9+. The molecule has 0 radical (unpaired) electrons. The molecule has 0 saturated carbocycles. The van der Waals surface area contributed by atoms with Crippen LogP contribution in [0.1, 0.15) is 22.3 Å². The highest BCUT2D eigenvalue weighted by atomic mass is 16.5. The molecule has 3 rings (SSSR count). The Hall–Kier alpha value is -3.34. The Morgan fingerprint density at radius 1 is 1.19 bits per heavy atom. The quantitative estimate of drug-likeness (QED) is 0.471. The lowest BCUT2D eigenvalue weighted by molar-refractivity contribution is -0.138. The van der Waals surface area contributed by atoms with Crippen molar-refractivity contribution < 1.29 is 14.3 Å². The average molecular weight is 362 g/mol. The molecule has 138 valence electrons. The number of methoxy groups -OCH3 is 1. The molecule has 5 heteroatoms. The minimum absolute atomic E-state index is 0.168. The van der Waals surface area contributed by atoms with Gasteiger partial charge in [-0.3, -0.25) is 4.68 Å². The molecule has 3 aromatic rings. The van der Waals surface area contributed by atoms with Crippen LogP contribution in [0.3, 0.4) is 0 Å². The van der Waals surface area contributed by atoms with Gasteiger partial charge in [-0.1, -0.05) is 42.0 Å². The van der Waals surface area contributed by atoms with Crippen LogP contribution in [0.5, 0.6) is 5.75 Å². The largest absolute Gasteiger partial charge is 0.496 e. The second-order valence-corrected chi connectivity index (χ2v) is 6.21. The third-order valence-electron chi connectivity index (χ3n) is 4.06. The van der Waals surface area contributed by atoms with Crippen LogP contribution in [0.4, 0.5) is 0 Å². The fourth-order valence-corrected chi connectivity index (χ4v) is 2.70. The molecule has 0 unspecified atom stereocenters. The first kappa shape index (κ1) is 18.5. The highest BCUT2D eigenvalue weighted by Gasteiger charge is 2.06. The number of ether oxygens (including phenoxy) is 2. The van der Waals surface area contributed by atoms with E-state index in [-0.39, 0.29) is 6.61 Å². The van der Waals surface area contributed by atoms with Gasteiger partial charge in [-0.2, -0.15) is 5.10 Å². The van der Waals surface area contributed by atoms with Gasteiger partial charge in [0, 0.05) is 23.4 Å². The average Bonchev–Trinajstić information content (AvgIpc) is 3.13.